The van der Waals surface area contributed by atoms with Gasteiger partial charge in [0.05, 0.1) is 0 Å². The number of rotatable bonds is 3. The summed E-state index contributed by atoms with van der Waals surface area (Å²) in [6.07, 6.45) is 3.11. The maximum Gasteiger partial charge on any atom is 0.329 e. The SMILES string of the molecule is CCCC(I)=CC(=O)O. The molecule has 0 aromatic carbocycles. The van der Waals surface area contributed by atoms with Crippen molar-refractivity contribution in [1.29, 1.82) is 0 Å². The standard InChI is InChI=1S/C6H9IO2/c1-2-3-5(7)4-6(8)9/h4H,2-3H2,1H3,(H,8,9). The van der Waals surface area contributed by atoms with Crippen molar-refractivity contribution in [2.45, 2.75) is 19.8 Å². The second-order valence-electron chi connectivity index (χ2n) is 1.68. The number of carboxylic acids is 1. The van der Waals surface area contributed by atoms with Crippen molar-refractivity contribution in [2.75, 3.05) is 0 Å². The van der Waals surface area contributed by atoms with Gasteiger partial charge in [0.2, 0.25) is 0 Å². The molecule has 0 rings (SSSR count). The molecule has 0 heterocycles. The van der Waals surface area contributed by atoms with Crippen LogP contribution in [0.2, 0.25) is 0 Å². The van der Waals surface area contributed by atoms with Crippen molar-refractivity contribution in [3.05, 3.63) is 9.66 Å². The van der Waals surface area contributed by atoms with Gasteiger partial charge in [-0.2, -0.15) is 0 Å². The minimum atomic E-state index is -0.854. The molecule has 0 spiro atoms. The Morgan fingerprint density at radius 3 is 2.67 bits per heavy atom. The second-order valence-corrected chi connectivity index (χ2v) is 3.07. The summed E-state index contributed by atoms with van der Waals surface area (Å²) < 4.78 is 0.905. The third-order valence-corrected chi connectivity index (χ3v) is 1.62. The quantitative estimate of drug-likeness (QED) is 0.606. The Kier molecular flexibility index (Phi) is 4.75. The van der Waals surface area contributed by atoms with Crippen LogP contribution in [0.3, 0.4) is 0 Å². The maximum absolute atomic E-state index is 10.0. The highest BCUT2D eigenvalue weighted by molar-refractivity contribution is 14.1. The first kappa shape index (κ1) is 8.94. The molecule has 0 aromatic heterocycles. The highest BCUT2D eigenvalue weighted by atomic mass is 127. The lowest BCUT2D eigenvalue weighted by Crippen LogP contribution is -1.87. The lowest BCUT2D eigenvalue weighted by molar-refractivity contribution is -0.131. The van der Waals surface area contributed by atoms with Gasteiger partial charge in [0.15, 0.2) is 0 Å². The molecule has 0 atom stereocenters. The van der Waals surface area contributed by atoms with E-state index in [1.165, 1.54) is 6.08 Å². The van der Waals surface area contributed by atoms with E-state index in [0.29, 0.717) is 0 Å². The molecular formula is C6H9IO2. The van der Waals surface area contributed by atoms with E-state index in [1.54, 1.807) is 0 Å². The Labute approximate surface area is 68.1 Å². The second kappa shape index (κ2) is 4.78. The molecule has 2 nitrogen and oxygen atoms in total. The summed E-state index contributed by atoms with van der Waals surface area (Å²) in [6, 6.07) is 0. The van der Waals surface area contributed by atoms with Crippen LogP contribution in [0.1, 0.15) is 19.8 Å². The van der Waals surface area contributed by atoms with Crippen LogP contribution in [-0.2, 0) is 4.79 Å². The van der Waals surface area contributed by atoms with Gasteiger partial charge in [-0.15, -0.1) is 0 Å². The lowest BCUT2D eigenvalue weighted by atomic mass is 10.3. The summed E-state index contributed by atoms with van der Waals surface area (Å²) in [5.41, 5.74) is 0. The van der Waals surface area contributed by atoms with E-state index in [9.17, 15) is 4.79 Å². The molecule has 1 N–H and O–H groups in total. The maximum atomic E-state index is 10.0. The fraction of sp³-hybridized carbons (Fsp3) is 0.500. The van der Waals surface area contributed by atoms with E-state index in [4.69, 9.17) is 5.11 Å². The van der Waals surface area contributed by atoms with E-state index >= 15 is 0 Å². The molecule has 0 amide bonds. The smallest absolute Gasteiger partial charge is 0.329 e. The Morgan fingerprint density at radius 1 is 1.78 bits per heavy atom. The van der Waals surface area contributed by atoms with Crippen LogP contribution in [0, 0.1) is 0 Å². The van der Waals surface area contributed by atoms with Crippen LogP contribution < -0.4 is 0 Å². The first-order valence-corrected chi connectivity index (χ1v) is 3.83. The molecule has 0 saturated carbocycles. The Hall–Kier alpha value is -0.0600. The summed E-state index contributed by atoms with van der Waals surface area (Å²) in [4.78, 5) is 10.0. The average molecular weight is 240 g/mol. The topological polar surface area (TPSA) is 37.3 Å². The zero-order valence-electron chi connectivity index (χ0n) is 5.22. The average Bonchev–Trinajstić information content (AvgIpc) is 1.63. The van der Waals surface area contributed by atoms with E-state index in [2.05, 4.69) is 0 Å². The predicted molar refractivity (Wildman–Crippen MR) is 44.6 cm³/mol. The van der Waals surface area contributed by atoms with Crippen molar-refractivity contribution in [1.82, 2.24) is 0 Å². The number of allylic oxidation sites excluding steroid dienone is 1. The molecule has 0 saturated heterocycles. The number of hydrogen-bond donors (Lipinski definition) is 1. The third-order valence-electron chi connectivity index (χ3n) is 0.769. The highest BCUT2D eigenvalue weighted by Crippen LogP contribution is 2.12. The van der Waals surface area contributed by atoms with Gasteiger partial charge in [-0.3, -0.25) is 0 Å². The summed E-state index contributed by atoms with van der Waals surface area (Å²) in [5.74, 6) is -0.854. The molecule has 0 aliphatic carbocycles. The fourth-order valence-corrected chi connectivity index (χ4v) is 1.25. The van der Waals surface area contributed by atoms with Crippen molar-refractivity contribution in [2.24, 2.45) is 0 Å². The molecule has 0 aliphatic rings. The van der Waals surface area contributed by atoms with Crippen molar-refractivity contribution in [3.63, 3.8) is 0 Å². The molecule has 0 aliphatic heterocycles. The molecule has 52 valence electrons. The zero-order valence-corrected chi connectivity index (χ0v) is 7.38. The zero-order chi connectivity index (χ0) is 7.28. The van der Waals surface area contributed by atoms with E-state index in [1.807, 2.05) is 29.5 Å². The fourth-order valence-electron chi connectivity index (χ4n) is 0.445. The Bertz CT molecular complexity index is 129. The van der Waals surface area contributed by atoms with Crippen LogP contribution in [0.5, 0.6) is 0 Å². The van der Waals surface area contributed by atoms with Crippen molar-refractivity contribution in [3.8, 4) is 0 Å². The third kappa shape index (κ3) is 5.82. The summed E-state index contributed by atoms with van der Waals surface area (Å²) in [7, 11) is 0. The number of halogens is 1. The lowest BCUT2D eigenvalue weighted by Gasteiger charge is -1.90. The van der Waals surface area contributed by atoms with E-state index in [-0.39, 0.29) is 0 Å². The summed E-state index contributed by atoms with van der Waals surface area (Å²) >= 11 is 2.04. The minimum absolute atomic E-state index is 0.854. The molecule has 9 heavy (non-hydrogen) atoms. The molecule has 0 unspecified atom stereocenters. The van der Waals surface area contributed by atoms with Gasteiger partial charge in [0, 0.05) is 6.08 Å². The van der Waals surface area contributed by atoms with Crippen molar-refractivity contribution >= 4 is 28.6 Å². The van der Waals surface area contributed by atoms with Gasteiger partial charge in [-0.25, -0.2) is 4.79 Å². The van der Waals surface area contributed by atoms with Crippen LogP contribution in [0.25, 0.3) is 0 Å². The molecule has 0 aromatic rings. The molecule has 0 radical (unpaired) electrons. The Balaban J connectivity index is 3.69. The highest BCUT2D eigenvalue weighted by Gasteiger charge is 1.92. The van der Waals surface area contributed by atoms with Gasteiger partial charge in [0.25, 0.3) is 0 Å². The van der Waals surface area contributed by atoms with Crippen LogP contribution in [0.4, 0.5) is 0 Å². The molecule has 0 fully saturated rings. The Morgan fingerprint density at radius 2 is 2.33 bits per heavy atom. The summed E-state index contributed by atoms with van der Waals surface area (Å²) in [6.45, 7) is 2.02. The molecule has 3 heteroatoms. The van der Waals surface area contributed by atoms with Gasteiger partial charge in [-0.1, -0.05) is 13.3 Å². The van der Waals surface area contributed by atoms with E-state index in [0.717, 1.165) is 16.4 Å². The predicted octanol–water partition coefficient (Wildman–Crippen LogP) is 2.19. The van der Waals surface area contributed by atoms with Gasteiger partial charge < -0.3 is 5.11 Å². The number of carboxylic acid groups (broad SMARTS) is 1. The molecule has 0 bridgehead atoms. The van der Waals surface area contributed by atoms with Crippen LogP contribution in [0.15, 0.2) is 9.66 Å². The first-order chi connectivity index (χ1) is 4.16. The van der Waals surface area contributed by atoms with Crippen LogP contribution in [-0.4, -0.2) is 11.1 Å². The number of carbonyl (C=O) groups is 1. The van der Waals surface area contributed by atoms with Gasteiger partial charge in [0.1, 0.15) is 0 Å². The summed E-state index contributed by atoms with van der Waals surface area (Å²) in [5, 5.41) is 8.23. The van der Waals surface area contributed by atoms with Crippen molar-refractivity contribution < 1.29 is 9.90 Å². The van der Waals surface area contributed by atoms with Gasteiger partial charge >= 0.3 is 5.97 Å². The van der Waals surface area contributed by atoms with E-state index < -0.39 is 5.97 Å². The number of hydrogen-bond acceptors (Lipinski definition) is 1. The van der Waals surface area contributed by atoms with Crippen LogP contribution >= 0.6 is 22.6 Å². The number of aliphatic carboxylic acids is 1. The van der Waals surface area contributed by atoms with Gasteiger partial charge in [-0.05, 0) is 32.6 Å². The monoisotopic (exact) mass is 240 g/mol. The molecular weight excluding hydrogens is 231 g/mol. The largest absolute Gasteiger partial charge is 0.478 e. The minimum Gasteiger partial charge on any atom is -0.478 e. The normalized spacial score (nSPS) is 11.6. The first-order valence-electron chi connectivity index (χ1n) is 2.75.